The van der Waals surface area contributed by atoms with Gasteiger partial charge in [-0.15, -0.1) is 0 Å². The molecule has 1 atom stereocenters. The highest BCUT2D eigenvalue weighted by atomic mass is 16.5. The van der Waals surface area contributed by atoms with Crippen molar-refractivity contribution in [3.8, 4) is 0 Å². The second kappa shape index (κ2) is 8.63. The zero-order chi connectivity index (χ0) is 21.0. The summed E-state index contributed by atoms with van der Waals surface area (Å²) in [6, 6.07) is 8.51. The average molecular weight is 401 g/mol. The number of amides is 4. The molecule has 156 valence electrons. The Bertz CT molecular complexity index is 789. The first-order valence-corrected chi connectivity index (χ1v) is 10.1. The van der Waals surface area contributed by atoms with Crippen molar-refractivity contribution in [2.45, 2.75) is 57.6 Å². The zero-order valence-electron chi connectivity index (χ0n) is 16.8. The van der Waals surface area contributed by atoms with Crippen molar-refractivity contribution in [1.29, 1.82) is 0 Å². The van der Waals surface area contributed by atoms with E-state index in [4.69, 9.17) is 4.74 Å². The SMILES string of the molecule is CCN(C(=O)[C@H](C)OC(=O)CN1C(=O)NC2(CCCCC2)C1=O)c1ccccc1. The molecule has 1 saturated heterocycles. The van der Waals surface area contributed by atoms with E-state index in [0.717, 1.165) is 24.2 Å². The normalized spacial score (nSPS) is 19.0. The third-order valence-electron chi connectivity index (χ3n) is 5.55. The Morgan fingerprint density at radius 1 is 1.17 bits per heavy atom. The van der Waals surface area contributed by atoms with E-state index in [2.05, 4.69) is 5.32 Å². The predicted octanol–water partition coefficient (Wildman–Crippen LogP) is 2.23. The fourth-order valence-electron chi connectivity index (χ4n) is 4.02. The van der Waals surface area contributed by atoms with Crippen LogP contribution in [-0.2, 0) is 19.1 Å². The molecule has 1 spiro atoms. The Labute approximate surface area is 170 Å². The van der Waals surface area contributed by atoms with Gasteiger partial charge in [0.05, 0.1) is 0 Å². The van der Waals surface area contributed by atoms with Gasteiger partial charge in [-0.2, -0.15) is 0 Å². The molecule has 29 heavy (non-hydrogen) atoms. The van der Waals surface area contributed by atoms with Crippen molar-refractivity contribution in [1.82, 2.24) is 10.2 Å². The van der Waals surface area contributed by atoms with Crippen molar-refractivity contribution in [3.05, 3.63) is 30.3 Å². The molecule has 1 aliphatic carbocycles. The van der Waals surface area contributed by atoms with Crippen molar-refractivity contribution in [3.63, 3.8) is 0 Å². The van der Waals surface area contributed by atoms with Gasteiger partial charge in [0.15, 0.2) is 6.10 Å². The number of hydrogen-bond acceptors (Lipinski definition) is 5. The Balaban J connectivity index is 1.60. The zero-order valence-corrected chi connectivity index (χ0v) is 16.8. The lowest BCUT2D eigenvalue weighted by molar-refractivity contribution is -0.156. The van der Waals surface area contributed by atoms with Crippen LogP contribution >= 0.6 is 0 Å². The van der Waals surface area contributed by atoms with E-state index in [1.165, 1.54) is 11.8 Å². The molecule has 8 heteroatoms. The van der Waals surface area contributed by atoms with Gasteiger partial charge in [-0.25, -0.2) is 4.79 Å². The van der Waals surface area contributed by atoms with Crippen molar-refractivity contribution < 1.29 is 23.9 Å². The number of nitrogens with zero attached hydrogens (tertiary/aromatic N) is 2. The molecule has 1 aromatic carbocycles. The molecule has 2 aliphatic rings. The molecule has 1 aliphatic heterocycles. The molecule has 1 saturated carbocycles. The standard InChI is InChI=1S/C21H27N3O5/c1-3-23(16-10-6-4-7-11-16)18(26)15(2)29-17(25)14-24-19(27)21(22-20(24)28)12-8-5-9-13-21/h4,6-7,10-11,15H,3,5,8-9,12-14H2,1-2H3,(H,22,28)/t15-/m0/s1. The molecule has 3 rings (SSSR count). The Hall–Kier alpha value is -2.90. The number of carbonyl (C=O) groups is 4. The van der Waals surface area contributed by atoms with Crippen LogP contribution < -0.4 is 10.2 Å². The maximum atomic E-state index is 12.7. The van der Waals surface area contributed by atoms with Crippen LogP contribution in [0.2, 0.25) is 0 Å². The third-order valence-corrected chi connectivity index (χ3v) is 5.55. The van der Waals surface area contributed by atoms with Crippen LogP contribution in [0.1, 0.15) is 46.0 Å². The summed E-state index contributed by atoms with van der Waals surface area (Å²) in [5.74, 6) is -1.53. The van der Waals surface area contributed by atoms with Crippen molar-refractivity contribution in [2.24, 2.45) is 0 Å². The van der Waals surface area contributed by atoms with Crippen LogP contribution in [0.4, 0.5) is 10.5 Å². The highest BCUT2D eigenvalue weighted by molar-refractivity contribution is 6.09. The minimum atomic E-state index is -1.04. The number of ether oxygens (including phenoxy) is 1. The lowest BCUT2D eigenvalue weighted by Gasteiger charge is -2.30. The van der Waals surface area contributed by atoms with Gasteiger partial charge < -0.3 is 15.0 Å². The summed E-state index contributed by atoms with van der Waals surface area (Å²) in [6.45, 7) is 3.23. The fraction of sp³-hybridized carbons (Fsp3) is 0.524. The average Bonchev–Trinajstić information content (AvgIpc) is 2.93. The molecular weight excluding hydrogens is 374 g/mol. The van der Waals surface area contributed by atoms with E-state index in [1.54, 1.807) is 12.1 Å². The lowest BCUT2D eigenvalue weighted by Crippen LogP contribution is -2.48. The molecular formula is C21H27N3O5. The summed E-state index contributed by atoms with van der Waals surface area (Å²) in [5.41, 5.74) is -0.181. The molecule has 0 unspecified atom stereocenters. The van der Waals surface area contributed by atoms with Crippen LogP contribution in [-0.4, -0.2) is 53.4 Å². The summed E-state index contributed by atoms with van der Waals surface area (Å²) in [7, 11) is 0. The number of para-hydroxylation sites is 1. The monoisotopic (exact) mass is 401 g/mol. The summed E-state index contributed by atoms with van der Waals surface area (Å²) < 4.78 is 5.25. The van der Waals surface area contributed by atoms with Gasteiger partial charge in [-0.05, 0) is 38.8 Å². The first-order valence-electron chi connectivity index (χ1n) is 10.1. The lowest BCUT2D eigenvalue weighted by atomic mass is 9.82. The topological polar surface area (TPSA) is 96.0 Å². The quantitative estimate of drug-likeness (QED) is 0.582. The number of urea groups is 1. The summed E-state index contributed by atoms with van der Waals surface area (Å²) in [6.07, 6.45) is 2.89. The van der Waals surface area contributed by atoms with Crippen molar-refractivity contribution >= 4 is 29.5 Å². The number of esters is 1. The highest BCUT2D eigenvalue weighted by Gasteiger charge is 2.51. The number of carbonyl (C=O) groups excluding carboxylic acids is 4. The minimum absolute atomic E-state index is 0.368. The minimum Gasteiger partial charge on any atom is -0.451 e. The van der Waals surface area contributed by atoms with E-state index in [0.29, 0.717) is 25.1 Å². The van der Waals surface area contributed by atoms with Gasteiger partial charge in [0.2, 0.25) is 0 Å². The first-order chi connectivity index (χ1) is 13.9. The molecule has 0 radical (unpaired) electrons. The van der Waals surface area contributed by atoms with Gasteiger partial charge in [0, 0.05) is 12.2 Å². The molecule has 0 aromatic heterocycles. The Kier molecular flexibility index (Phi) is 6.20. The van der Waals surface area contributed by atoms with Gasteiger partial charge >= 0.3 is 12.0 Å². The summed E-state index contributed by atoms with van der Waals surface area (Å²) >= 11 is 0. The van der Waals surface area contributed by atoms with Crippen LogP contribution in [0.25, 0.3) is 0 Å². The number of rotatable bonds is 6. The number of hydrogen-bond donors (Lipinski definition) is 1. The van der Waals surface area contributed by atoms with Crippen LogP contribution in [0.3, 0.4) is 0 Å². The van der Waals surface area contributed by atoms with Crippen LogP contribution in [0, 0.1) is 0 Å². The fourth-order valence-corrected chi connectivity index (χ4v) is 4.02. The van der Waals surface area contributed by atoms with Gasteiger partial charge in [0.1, 0.15) is 12.1 Å². The molecule has 1 heterocycles. The summed E-state index contributed by atoms with van der Waals surface area (Å²) in [5, 5.41) is 2.75. The van der Waals surface area contributed by atoms with Gasteiger partial charge in [-0.1, -0.05) is 37.5 Å². The van der Waals surface area contributed by atoms with Gasteiger partial charge in [0.25, 0.3) is 11.8 Å². The predicted molar refractivity (Wildman–Crippen MR) is 106 cm³/mol. The number of likely N-dealkylation sites (N-methyl/N-ethyl adjacent to an activating group) is 1. The van der Waals surface area contributed by atoms with Crippen LogP contribution in [0.15, 0.2) is 30.3 Å². The van der Waals surface area contributed by atoms with Crippen molar-refractivity contribution in [2.75, 3.05) is 18.0 Å². The second-order valence-corrected chi connectivity index (χ2v) is 7.51. The van der Waals surface area contributed by atoms with E-state index >= 15 is 0 Å². The van der Waals surface area contributed by atoms with E-state index in [-0.39, 0.29) is 11.8 Å². The maximum Gasteiger partial charge on any atom is 0.327 e. The molecule has 8 nitrogen and oxygen atoms in total. The molecule has 1 N–H and O–H groups in total. The molecule has 0 bridgehead atoms. The largest absolute Gasteiger partial charge is 0.451 e. The van der Waals surface area contributed by atoms with Gasteiger partial charge in [-0.3, -0.25) is 19.3 Å². The number of benzene rings is 1. The Morgan fingerprint density at radius 3 is 2.45 bits per heavy atom. The number of imide groups is 1. The molecule has 2 fully saturated rings. The highest BCUT2D eigenvalue weighted by Crippen LogP contribution is 2.33. The number of anilines is 1. The third kappa shape index (κ3) is 4.26. The molecule has 4 amide bonds. The second-order valence-electron chi connectivity index (χ2n) is 7.51. The smallest absolute Gasteiger partial charge is 0.327 e. The van der Waals surface area contributed by atoms with E-state index < -0.39 is 30.2 Å². The number of nitrogens with one attached hydrogen (secondary N) is 1. The van der Waals surface area contributed by atoms with E-state index in [9.17, 15) is 19.2 Å². The summed E-state index contributed by atoms with van der Waals surface area (Å²) in [4.78, 5) is 52.5. The van der Waals surface area contributed by atoms with E-state index in [1.807, 2.05) is 25.1 Å². The first kappa shape index (κ1) is 20.8. The molecule has 1 aromatic rings. The Morgan fingerprint density at radius 2 is 1.83 bits per heavy atom. The maximum absolute atomic E-state index is 12.7. The van der Waals surface area contributed by atoms with Crippen LogP contribution in [0.5, 0.6) is 0 Å².